The van der Waals surface area contributed by atoms with Gasteiger partial charge in [0, 0.05) is 0 Å². The third kappa shape index (κ3) is 1.90. The minimum atomic E-state index is 0. The fourth-order valence-corrected chi connectivity index (χ4v) is 0.683. The molecule has 0 spiro atoms. The normalized spacial score (nSPS) is 15.4. The third-order valence-electron chi connectivity index (χ3n) is 1.20. The Hall–Kier alpha value is 0.0774. The minimum Gasteiger partial charge on any atom is -0.253 e. The Kier molecular flexibility index (Phi) is 4.05. The molecular weight excluding hydrogens is 91.0 g/mol. The molecule has 0 amide bonds. The van der Waals surface area contributed by atoms with Gasteiger partial charge in [-0.2, -0.15) is 5.57 Å². The van der Waals surface area contributed by atoms with Crippen LogP contribution >= 0.6 is 0 Å². The van der Waals surface area contributed by atoms with E-state index in [2.05, 4.69) is 19.1 Å². The number of rotatable bonds is 1. The van der Waals surface area contributed by atoms with Crippen LogP contribution in [0.25, 0.3) is 0 Å². The molecule has 0 aromatic rings. The molecule has 0 atom stereocenters. The van der Waals surface area contributed by atoms with Gasteiger partial charge in [-0.05, 0) is 0 Å². The average molecular weight is 100 g/mol. The van der Waals surface area contributed by atoms with Crippen LogP contribution in [0.3, 0.4) is 0 Å². The van der Waals surface area contributed by atoms with Crippen molar-refractivity contribution in [1.29, 1.82) is 0 Å². The van der Waals surface area contributed by atoms with E-state index in [0.29, 0.717) is 0 Å². The van der Waals surface area contributed by atoms with Crippen molar-refractivity contribution in [3.8, 4) is 0 Å². The second kappa shape index (κ2) is 4.01. The Morgan fingerprint density at radius 3 is 2.75 bits per heavy atom. The molecule has 0 unspecified atom stereocenters. The maximum Gasteiger partial charge on any atom is 1.00 e. The molecule has 1 heteroatoms. The summed E-state index contributed by atoms with van der Waals surface area (Å²) in [4.78, 5) is 0. The van der Waals surface area contributed by atoms with Crippen molar-refractivity contribution in [2.75, 3.05) is 0 Å². The van der Waals surface area contributed by atoms with Crippen LogP contribution in [0.2, 0.25) is 0 Å². The molecule has 1 aliphatic rings. The van der Waals surface area contributed by atoms with Gasteiger partial charge >= 0.3 is 18.9 Å². The molecule has 1 aliphatic carbocycles. The molecular formula is C7H9Li. The summed E-state index contributed by atoms with van der Waals surface area (Å²) >= 11 is 0. The fourth-order valence-electron chi connectivity index (χ4n) is 0.683. The molecule has 8 heavy (non-hydrogen) atoms. The predicted octanol–water partition coefficient (Wildman–Crippen LogP) is -0.910. The quantitative estimate of drug-likeness (QED) is 0.295. The van der Waals surface area contributed by atoms with E-state index in [1.165, 1.54) is 5.57 Å². The Labute approximate surface area is 62.8 Å². The average Bonchev–Trinajstić information content (AvgIpc) is 2.14. The van der Waals surface area contributed by atoms with Crippen LogP contribution in [0.5, 0.6) is 0 Å². The van der Waals surface area contributed by atoms with Crippen molar-refractivity contribution in [2.24, 2.45) is 0 Å². The van der Waals surface area contributed by atoms with Gasteiger partial charge in [-0.3, -0.25) is 6.08 Å². The first-order valence-corrected chi connectivity index (χ1v) is 2.69. The van der Waals surface area contributed by atoms with Gasteiger partial charge in [0.05, 0.1) is 0 Å². The molecule has 0 saturated heterocycles. The molecule has 0 fully saturated rings. The number of hydrogen-bond acceptors (Lipinski definition) is 0. The zero-order valence-electron chi connectivity index (χ0n) is 5.57. The standard InChI is InChI=1S/C7H9.Li/c1-2-7-5-3-4-6-7;/h3-4H,2,5H2,1H3;/q-1;+1. The first kappa shape index (κ1) is 8.08. The van der Waals surface area contributed by atoms with Crippen LogP contribution in [-0.4, -0.2) is 0 Å². The summed E-state index contributed by atoms with van der Waals surface area (Å²) in [5, 5.41) is 0. The Morgan fingerprint density at radius 1 is 1.75 bits per heavy atom. The van der Waals surface area contributed by atoms with Crippen LogP contribution in [0.4, 0.5) is 0 Å². The summed E-state index contributed by atoms with van der Waals surface area (Å²) in [6.07, 6.45) is 9.57. The smallest absolute Gasteiger partial charge is 0.253 e. The first-order chi connectivity index (χ1) is 3.43. The molecule has 0 bridgehead atoms. The van der Waals surface area contributed by atoms with Crippen LogP contribution in [0, 0.1) is 6.08 Å². The summed E-state index contributed by atoms with van der Waals surface area (Å²) < 4.78 is 0. The van der Waals surface area contributed by atoms with Gasteiger partial charge in [0.25, 0.3) is 0 Å². The van der Waals surface area contributed by atoms with Crippen molar-refractivity contribution >= 4 is 0 Å². The van der Waals surface area contributed by atoms with Crippen molar-refractivity contribution in [2.45, 2.75) is 19.8 Å². The van der Waals surface area contributed by atoms with Crippen LogP contribution in [0.15, 0.2) is 17.7 Å². The fraction of sp³-hybridized carbons (Fsp3) is 0.429. The maximum atomic E-state index is 3.14. The minimum absolute atomic E-state index is 0. The predicted molar refractivity (Wildman–Crippen MR) is 30.8 cm³/mol. The van der Waals surface area contributed by atoms with E-state index in [-0.39, 0.29) is 18.9 Å². The number of allylic oxidation sites excluding steroid dienone is 4. The Balaban J connectivity index is 0.000000490. The topological polar surface area (TPSA) is 0 Å². The zero-order valence-corrected chi connectivity index (χ0v) is 5.57. The molecule has 0 aliphatic heterocycles. The molecule has 1 rings (SSSR count). The van der Waals surface area contributed by atoms with E-state index in [1.807, 2.05) is 6.08 Å². The maximum absolute atomic E-state index is 3.14. The molecule has 38 valence electrons. The van der Waals surface area contributed by atoms with Crippen LogP contribution in [0.1, 0.15) is 19.8 Å². The molecule has 0 aromatic carbocycles. The van der Waals surface area contributed by atoms with E-state index in [0.717, 1.165) is 12.8 Å². The molecule has 0 radical (unpaired) electrons. The third-order valence-corrected chi connectivity index (χ3v) is 1.20. The van der Waals surface area contributed by atoms with Gasteiger partial charge in [-0.15, -0.1) is 0 Å². The number of hydrogen-bond donors (Lipinski definition) is 0. The molecule has 0 heterocycles. The van der Waals surface area contributed by atoms with E-state index in [9.17, 15) is 0 Å². The van der Waals surface area contributed by atoms with Gasteiger partial charge in [0.15, 0.2) is 0 Å². The molecule has 0 nitrogen and oxygen atoms in total. The molecule has 0 N–H and O–H groups in total. The Bertz CT molecular complexity index is 112. The summed E-state index contributed by atoms with van der Waals surface area (Å²) in [6.45, 7) is 2.16. The molecule has 0 saturated carbocycles. The first-order valence-electron chi connectivity index (χ1n) is 2.69. The summed E-state index contributed by atoms with van der Waals surface area (Å²) in [5.41, 5.74) is 1.43. The second-order valence-electron chi connectivity index (χ2n) is 1.71. The van der Waals surface area contributed by atoms with Gasteiger partial charge in [0.1, 0.15) is 0 Å². The van der Waals surface area contributed by atoms with E-state index < -0.39 is 0 Å². The van der Waals surface area contributed by atoms with Crippen molar-refractivity contribution in [1.82, 2.24) is 0 Å². The summed E-state index contributed by atoms with van der Waals surface area (Å²) in [6, 6.07) is 0. The van der Waals surface area contributed by atoms with Gasteiger partial charge in [-0.1, -0.05) is 19.8 Å². The Morgan fingerprint density at radius 2 is 2.50 bits per heavy atom. The SMILES string of the molecule is CCC1=[C-]C=CC1.[Li+]. The van der Waals surface area contributed by atoms with Crippen LogP contribution < -0.4 is 18.9 Å². The zero-order chi connectivity index (χ0) is 5.11. The van der Waals surface area contributed by atoms with E-state index in [4.69, 9.17) is 0 Å². The summed E-state index contributed by atoms with van der Waals surface area (Å²) in [5.74, 6) is 0. The van der Waals surface area contributed by atoms with Crippen molar-refractivity contribution < 1.29 is 18.9 Å². The summed E-state index contributed by atoms with van der Waals surface area (Å²) in [7, 11) is 0. The second-order valence-corrected chi connectivity index (χ2v) is 1.71. The van der Waals surface area contributed by atoms with Gasteiger partial charge in [-0.25, -0.2) is 12.2 Å². The van der Waals surface area contributed by atoms with Gasteiger partial charge < -0.3 is 0 Å². The van der Waals surface area contributed by atoms with E-state index in [1.54, 1.807) is 0 Å². The van der Waals surface area contributed by atoms with Gasteiger partial charge in [0.2, 0.25) is 0 Å². The monoisotopic (exact) mass is 100 g/mol. The van der Waals surface area contributed by atoms with Crippen molar-refractivity contribution in [3.05, 3.63) is 23.8 Å². The molecule has 0 aromatic heterocycles. The largest absolute Gasteiger partial charge is 1.00 e. The van der Waals surface area contributed by atoms with E-state index >= 15 is 0 Å². The van der Waals surface area contributed by atoms with Crippen LogP contribution in [-0.2, 0) is 0 Å². The van der Waals surface area contributed by atoms with Crippen molar-refractivity contribution in [3.63, 3.8) is 0 Å².